The summed E-state index contributed by atoms with van der Waals surface area (Å²) < 4.78 is 21.9. The second kappa shape index (κ2) is 10.6. The van der Waals surface area contributed by atoms with E-state index in [1.807, 2.05) is 48.5 Å². The molecular formula is C24H21N3O5S. The average molecular weight is 464 g/mol. The summed E-state index contributed by atoms with van der Waals surface area (Å²) in [5.41, 5.74) is 1.42. The molecule has 168 valence electrons. The van der Waals surface area contributed by atoms with Crippen LogP contribution in [-0.2, 0) is 4.79 Å². The number of carbonyl (C=O) groups is 1. The molecule has 0 aliphatic carbocycles. The minimum absolute atomic E-state index is 0.129. The summed E-state index contributed by atoms with van der Waals surface area (Å²) in [6.07, 6.45) is 0. The number of nitrogens with zero attached hydrogens (tertiary/aromatic N) is 2. The number of aromatic nitrogens is 2. The molecule has 1 amide bonds. The van der Waals surface area contributed by atoms with Gasteiger partial charge in [-0.05, 0) is 60.7 Å². The molecule has 8 nitrogen and oxygen atoms in total. The van der Waals surface area contributed by atoms with E-state index in [2.05, 4.69) is 15.5 Å². The minimum atomic E-state index is -0.192. The van der Waals surface area contributed by atoms with Crippen LogP contribution >= 0.6 is 11.8 Å². The lowest BCUT2D eigenvalue weighted by atomic mass is 10.2. The number of thioether (sulfide) groups is 1. The maximum Gasteiger partial charge on any atom is 0.277 e. The number of benzene rings is 3. The number of carbonyl (C=O) groups excluding carboxylic acids is 1. The van der Waals surface area contributed by atoms with Crippen LogP contribution in [0.15, 0.2) is 82.4 Å². The van der Waals surface area contributed by atoms with E-state index in [0.29, 0.717) is 34.0 Å². The van der Waals surface area contributed by atoms with Crippen molar-refractivity contribution in [2.24, 2.45) is 0 Å². The van der Waals surface area contributed by atoms with Gasteiger partial charge in [0.1, 0.15) is 11.5 Å². The van der Waals surface area contributed by atoms with Crippen molar-refractivity contribution in [3.8, 4) is 34.5 Å². The van der Waals surface area contributed by atoms with Crippen LogP contribution < -0.4 is 19.5 Å². The van der Waals surface area contributed by atoms with Crippen molar-refractivity contribution in [2.45, 2.75) is 5.22 Å². The second-order valence-electron chi connectivity index (χ2n) is 6.72. The van der Waals surface area contributed by atoms with Crippen molar-refractivity contribution in [3.63, 3.8) is 0 Å². The van der Waals surface area contributed by atoms with Crippen molar-refractivity contribution >= 4 is 23.4 Å². The van der Waals surface area contributed by atoms with Gasteiger partial charge in [-0.15, -0.1) is 10.2 Å². The summed E-state index contributed by atoms with van der Waals surface area (Å²) in [5.74, 6) is 2.94. The van der Waals surface area contributed by atoms with E-state index >= 15 is 0 Å². The fraction of sp³-hybridized carbons (Fsp3) is 0.125. The maximum atomic E-state index is 12.3. The number of ether oxygens (including phenoxy) is 3. The molecule has 0 fully saturated rings. The predicted octanol–water partition coefficient (Wildman–Crippen LogP) is 5.28. The minimum Gasteiger partial charge on any atom is -0.497 e. The molecule has 4 rings (SSSR count). The van der Waals surface area contributed by atoms with E-state index in [1.54, 1.807) is 38.5 Å². The first-order chi connectivity index (χ1) is 16.1. The molecule has 0 saturated carbocycles. The Bertz CT molecular complexity index is 1210. The number of hydrogen-bond donors (Lipinski definition) is 1. The van der Waals surface area contributed by atoms with Gasteiger partial charge in [-0.1, -0.05) is 23.9 Å². The smallest absolute Gasteiger partial charge is 0.277 e. The Hall–Kier alpha value is -3.98. The highest BCUT2D eigenvalue weighted by Crippen LogP contribution is 2.31. The van der Waals surface area contributed by atoms with Crippen LogP contribution in [0.4, 0.5) is 5.69 Å². The standard InChI is InChI=1S/C24H21N3O5S/c1-29-18-11-7-16(8-12-18)23-26-27-24(32-23)33-15-22(28)25-17-9-13-19(14-10-17)31-21-6-4-3-5-20(21)30-2/h3-14H,15H2,1-2H3,(H,25,28). The monoisotopic (exact) mass is 463 g/mol. The summed E-state index contributed by atoms with van der Waals surface area (Å²) >= 11 is 1.16. The largest absolute Gasteiger partial charge is 0.497 e. The molecule has 4 aromatic rings. The van der Waals surface area contributed by atoms with Gasteiger partial charge in [-0.3, -0.25) is 4.79 Å². The quantitative estimate of drug-likeness (QED) is 0.335. The molecule has 3 aromatic carbocycles. The molecule has 0 unspecified atom stereocenters. The zero-order valence-corrected chi connectivity index (χ0v) is 18.8. The van der Waals surface area contributed by atoms with Crippen LogP contribution in [-0.4, -0.2) is 36.1 Å². The molecule has 0 aliphatic rings. The topological polar surface area (TPSA) is 95.7 Å². The average Bonchev–Trinajstić information content (AvgIpc) is 3.33. The van der Waals surface area contributed by atoms with Crippen LogP contribution in [0.2, 0.25) is 0 Å². The molecular weight excluding hydrogens is 442 g/mol. The van der Waals surface area contributed by atoms with Crippen molar-refractivity contribution in [1.29, 1.82) is 0 Å². The van der Waals surface area contributed by atoms with Gasteiger partial charge in [0.15, 0.2) is 11.5 Å². The summed E-state index contributed by atoms with van der Waals surface area (Å²) in [7, 11) is 3.19. The maximum absolute atomic E-state index is 12.3. The fourth-order valence-corrected chi connectivity index (χ4v) is 3.44. The summed E-state index contributed by atoms with van der Waals surface area (Å²) in [5, 5.41) is 11.2. The SMILES string of the molecule is COc1ccc(-c2nnc(SCC(=O)Nc3ccc(Oc4ccccc4OC)cc3)o2)cc1. The van der Waals surface area contributed by atoms with E-state index in [4.69, 9.17) is 18.6 Å². The van der Waals surface area contributed by atoms with Gasteiger partial charge in [-0.2, -0.15) is 0 Å². The Balaban J connectivity index is 1.29. The highest BCUT2D eigenvalue weighted by atomic mass is 32.2. The molecule has 33 heavy (non-hydrogen) atoms. The Morgan fingerprint density at radius 2 is 1.58 bits per heavy atom. The third-order valence-electron chi connectivity index (χ3n) is 4.51. The van der Waals surface area contributed by atoms with Gasteiger partial charge < -0.3 is 23.9 Å². The van der Waals surface area contributed by atoms with Gasteiger partial charge in [-0.25, -0.2) is 0 Å². The lowest BCUT2D eigenvalue weighted by Gasteiger charge is -2.10. The summed E-state index contributed by atoms with van der Waals surface area (Å²) in [4.78, 5) is 12.3. The third-order valence-corrected chi connectivity index (χ3v) is 5.32. The number of para-hydroxylation sites is 2. The van der Waals surface area contributed by atoms with E-state index < -0.39 is 0 Å². The number of rotatable bonds is 9. The molecule has 0 aliphatic heterocycles. The molecule has 0 saturated heterocycles. The number of nitrogens with one attached hydrogen (secondary N) is 1. The highest BCUT2D eigenvalue weighted by Gasteiger charge is 2.12. The highest BCUT2D eigenvalue weighted by molar-refractivity contribution is 7.99. The van der Waals surface area contributed by atoms with Crippen molar-refractivity contribution < 1.29 is 23.4 Å². The third kappa shape index (κ3) is 5.83. The van der Waals surface area contributed by atoms with Crippen LogP contribution in [0.25, 0.3) is 11.5 Å². The first kappa shape index (κ1) is 22.2. The number of methoxy groups -OCH3 is 2. The van der Waals surface area contributed by atoms with Crippen molar-refractivity contribution in [2.75, 3.05) is 25.3 Å². The Morgan fingerprint density at radius 3 is 2.27 bits per heavy atom. The Kier molecular flexibility index (Phi) is 7.11. The zero-order chi connectivity index (χ0) is 23.0. The second-order valence-corrected chi connectivity index (χ2v) is 7.64. The predicted molar refractivity (Wildman–Crippen MR) is 125 cm³/mol. The molecule has 9 heteroatoms. The summed E-state index contributed by atoms with van der Waals surface area (Å²) in [6, 6.07) is 21.7. The molecule has 0 radical (unpaired) electrons. The van der Waals surface area contributed by atoms with E-state index in [-0.39, 0.29) is 11.7 Å². The van der Waals surface area contributed by atoms with Gasteiger partial charge in [0.2, 0.25) is 11.8 Å². The van der Waals surface area contributed by atoms with Crippen LogP contribution in [0.3, 0.4) is 0 Å². The molecule has 1 aromatic heterocycles. The first-order valence-corrected chi connectivity index (χ1v) is 10.9. The van der Waals surface area contributed by atoms with E-state index in [9.17, 15) is 4.79 Å². The van der Waals surface area contributed by atoms with Crippen LogP contribution in [0, 0.1) is 0 Å². The molecule has 1 heterocycles. The molecule has 0 spiro atoms. The van der Waals surface area contributed by atoms with Crippen LogP contribution in [0.1, 0.15) is 0 Å². The number of amides is 1. The molecule has 1 N–H and O–H groups in total. The van der Waals surface area contributed by atoms with Gasteiger partial charge >= 0.3 is 0 Å². The summed E-state index contributed by atoms with van der Waals surface area (Å²) in [6.45, 7) is 0. The fourth-order valence-electron chi connectivity index (χ4n) is 2.88. The number of hydrogen-bond acceptors (Lipinski definition) is 8. The van der Waals surface area contributed by atoms with Crippen molar-refractivity contribution in [1.82, 2.24) is 10.2 Å². The zero-order valence-electron chi connectivity index (χ0n) is 18.0. The van der Waals surface area contributed by atoms with E-state index in [0.717, 1.165) is 23.1 Å². The Morgan fingerprint density at radius 1 is 0.879 bits per heavy atom. The van der Waals surface area contributed by atoms with Crippen molar-refractivity contribution in [3.05, 3.63) is 72.8 Å². The Labute approximate surface area is 194 Å². The van der Waals surface area contributed by atoms with E-state index in [1.165, 1.54) is 0 Å². The van der Waals surface area contributed by atoms with Gasteiger partial charge in [0.05, 0.1) is 20.0 Å². The van der Waals surface area contributed by atoms with Gasteiger partial charge in [0, 0.05) is 11.3 Å². The lowest BCUT2D eigenvalue weighted by molar-refractivity contribution is -0.113. The lowest BCUT2D eigenvalue weighted by Crippen LogP contribution is -2.13. The van der Waals surface area contributed by atoms with Gasteiger partial charge in [0.25, 0.3) is 5.22 Å². The molecule has 0 atom stereocenters. The normalized spacial score (nSPS) is 10.5. The molecule has 0 bridgehead atoms. The first-order valence-electron chi connectivity index (χ1n) is 9.96. The van der Waals surface area contributed by atoms with Crippen LogP contribution in [0.5, 0.6) is 23.0 Å². The number of anilines is 1.